The standard InChI is InChI=1S/C28H36N2O5S/c1-6-35-24-14-12-22(13-15-24)29-26(31)17-25(28(29)32)30(23-10-8-7-9-11-23)36(33,34)27-20(4)18(2)16-19(3)21(27)5/h12-16,23,25H,6-11,17H2,1-5H3. The van der Waals surface area contributed by atoms with Crippen molar-refractivity contribution >= 4 is 27.5 Å². The quantitative estimate of drug-likeness (QED) is 0.489. The summed E-state index contributed by atoms with van der Waals surface area (Å²) in [5, 5.41) is 0. The van der Waals surface area contributed by atoms with Crippen LogP contribution in [0.3, 0.4) is 0 Å². The molecule has 8 heteroatoms. The Morgan fingerprint density at radius 1 is 0.944 bits per heavy atom. The van der Waals surface area contributed by atoms with E-state index in [0.29, 0.717) is 42.0 Å². The lowest BCUT2D eigenvalue weighted by molar-refractivity contribution is -0.122. The minimum absolute atomic E-state index is 0.162. The predicted octanol–water partition coefficient (Wildman–Crippen LogP) is 4.97. The molecule has 1 unspecified atom stereocenters. The molecule has 0 bridgehead atoms. The van der Waals surface area contributed by atoms with Gasteiger partial charge in [-0.2, -0.15) is 4.31 Å². The number of sulfonamides is 1. The minimum Gasteiger partial charge on any atom is -0.494 e. The second-order valence-corrected chi connectivity index (χ2v) is 11.7. The van der Waals surface area contributed by atoms with Crippen molar-refractivity contribution in [1.82, 2.24) is 4.31 Å². The van der Waals surface area contributed by atoms with E-state index in [1.807, 2.05) is 40.7 Å². The molecule has 7 nitrogen and oxygen atoms in total. The third kappa shape index (κ3) is 4.68. The molecule has 2 amide bonds. The van der Waals surface area contributed by atoms with Gasteiger partial charge in [0.2, 0.25) is 15.9 Å². The van der Waals surface area contributed by atoms with Gasteiger partial charge in [-0.1, -0.05) is 25.3 Å². The molecule has 0 spiro atoms. The number of anilines is 1. The Bertz CT molecular complexity index is 1240. The molecule has 2 aromatic carbocycles. The van der Waals surface area contributed by atoms with Gasteiger partial charge in [-0.05, 0) is 94.0 Å². The van der Waals surface area contributed by atoms with Gasteiger partial charge in [0, 0.05) is 6.04 Å². The predicted molar refractivity (Wildman–Crippen MR) is 140 cm³/mol. The summed E-state index contributed by atoms with van der Waals surface area (Å²) >= 11 is 0. The van der Waals surface area contributed by atoms with Gasteiger partial charge < -0.3 is 4.74 Å². The van der Waals surface area contributed by atoms with Crippen LogP contribution in [-0.4, -0.2) is 43.2 Å². The Hall–Kier alpha value is -2.71. The number of ether oxygens (including phenoxy) is 1. The molecule has 1 saturated heterocycles. The lowest BCUT2D eigenvalue weighted by Gasteiger charge is -2.37. The molecule has 2 fully saturated rings. The molecule has 2 aliphatic rings. The molecule has 1 atom stereocenters. The average Bonchev–Trinajstić information content (AvgIpc) is 3.12. The van der Waals surface area contributed by atoms with Crippen molar-refractivity contribution in [2.24, 2.45) is 0 Å². The van der Waals surface area contributed by atoms with Crippen LogP contribution in [0.4, 0.5) is 5.69 Å². The molecular weight excluding hydrogens is 476 g/mol. The number of hydrogen-bond donors (Lipinski definition) is 0. The van der Waals surface area contributed by atoms with Gasteiger partial charge in [0.25, 0.3) is 5.91 Å². The van der Waals surface area contributed by atoms with E-state index >= 15 is 0 Å². The summed E-state index contributed by atoms with van der Waals surface area (Å²) in [5.41, 5.74) is 3.60. The van der Waals surface area contributed by atoms with E-state index in [1.165, 1.54) is 4.31 Å². The Morgan fingerprint density at radius 2 is 1.53 bits per heavy atom. The Morgan fingerprint density at radius 3 is 2.08 bits per heavy atom. The van der Waals surface area contributed by atoms with Crippen molar-refractivity contribution in [2.75, 3.05) is 11.5 Å². The second-order valence-electron chi connectivity index (χ2n) is 9.93. The molecule has 1 aliphatic heterocycles. The zero-order valence-electron chi connectivity index (χ0n) is 21.8. The maximum Gasteiger partial charge on any atom is 0.252 e. The number of carbonyl (C=O) groups excluding carboxylic acids is 2. The van der Waals surface area contributed by atoms with Gasteiger partial charge in [0.1, 0.15) is 11.8 Å². The van der Waals surface area contributed by atoms with E-state index in [-0.39, 0.29) is 23.3 Å². The molecule has 1 heterocycles. The number of amides is 2. The Balaban J connectivity index is 1.78. The van der Waals surface area contributed by atoms with Crippen LogP contribution in [0.15, 0.2) is 35.2 Å². The van der Waals surface area contributed by atoms with E-state index in [0.717, 1.165) is 35.3 Å². The molecule has 4 rings (SSSR count). The first-order valence-corrected chi connectivity index (χ1v) is 14.2. The van der Waals surface area contributed by atoms with Gasteiger partial charge in [-0.15, -0.1) is 0 Å². The fraction of sp³-hybridized carbons (Fsp3) is 0.500. The highest BCUT2D eigenvalue weighted by Crippen LogP contribution is 2.38. The highest BCUT2D eigenvalue weighted by atomic mass is 32.2. The topological polar surface area (TPSA) is 84.0 Å². The van der Waals surface area contributed by atoms with Crippen LogP contribution in [0.2, 0.25) is 0 Å². The number of carbonyl (C=O) groups is 2. The molecule has 36 heavy (non-hydrogen) atoms. The van der Waals surface area contributed by atoms with Gasteiger partial charge in [0.15, 0.2) is 0 Å². The lowest BCUT2D eigenvalue weighted by Crippen LogP contribution is -2.51. The summed E-state index contributed by atoms with van der Waals surface area (Å²) in [4.78, 5) is 28.3. The number of benzene rings is 2. The molecule has 0 radical (unpaired) electrons. The summed E-state index contributed by atoms with van der Waals surface area (Å²) in [5.74, 6) is -0.235. The summed E-state index contributed by atoms with van der Waals surface area (Å²) in [6, 6.07) is 7.38. The second kappa shape index (κ2) is 10.3. The molecule has 194 valence electrons. The lowest BCUT2D eigenvalue weighted by atomic mass is 9.94. The summed E-state index contributed by atoms with van der Waals surface area (Å²) in [6.45, 7) is 9.84. The molecular formula is C28H36N2O5S. The first-order chi connectivity index (χ1) is 17.1. The fourth-order valence-corrected chi connectivity index (χ4v) is 7.98. The third-order valence-electron chi connectivity index (χ3n) is 7.60. The Kier molecular flexibility index (Phi) is 7.57. The number of rotatable bonds is 7. The number of imide groups is 1. The zero-order valence-corrected chi connectivity index (χ0v) is 22.7. The van der Waals surface area contributed by atoms with Gasteiger partial charge in [0.05, 0.1) is 23.6 Å². The summed E-state index contributed by atoms with van der Waals surface area (Å²) in [7, 11) is -4.05. The highest BCUT2D eigenvalue weighted by molar-refractivity contribution is 7.89. The maximum atomic E-state index is 14.4. The number of nitrogens with zero attached hydrogens (tertiary/aromatic N) is 2. The van der Waals surface area contributed by atoms with Crippen molar-refractivity contribution in [2.45, 2.75) is 90.1 Å². The first-order valence-electron chi connectivity index (χ1n) is 12.8. The van der Waals surface area contributed by atoms with Crippen LogP contribution in [0.25, 0.3) is 0 Å². The van der Waals surface area contributed by atoms with Crippen molar-refractivity contribution in [3.63, 3.8) is 0 Å². The van der Waals surface area contributed by atoms with E-state index < -0.39 is 22.0 Å². The normalized spacial score (nSPS) is 19.4. The van der Waals surface area contributed by atoms with E-state index in [4.69, 9.17) is 4.74 Å². The monoisotopic (exact) mass is 512 g/mol. The van der Waals surface area contributed by atoms with Crippen molar-refractivity contribution in [1.29, 1.82) is 0 Å². The van der Waals surface area contributed by atoms with Crippen LogP contribution in [-0.2, 0) is 19.6 Å². The van der Waals surface area contributed by atoms with E-state index in [2.05, 4.69) is 0 Å². The SMILES string of the molecule is CCOc1ccc(N2C(=O)CC(N(C3CCCCC3)S(=O)(=O)c3c(C)c(C)cc(C)c3C)C2=O)cc1. The molecule has 2 aromatic rings. The van der Waals surface area contributed by atoms with Gasteiger partial charge in [-0.3, -0.25) is 9.59 Å². The Labute approximate surface area is 214 Å². The summed E-state index contributed by atoms with van der Waals surface area (Å²) in [6.07, 6.45) is 4.05. The fourth-order valence-electron chi connectivity index (χ4n) is 5.57. The van der Waals surface area contributed by atoms with Crippen LogP contribution in [0, 0.1) is 27.7 Å². The maximum absolute atomic E-state index is 14.4. The van der Waals surface area contributed by atoms with Crippen LogP contribution in [0.5, 0.6) is 5.75 Å². The summed E-state index contributed by atoms with van der Waals surface area (Å²) < 4.78 is 35.7. The smallest absolute Gasteiger partial charge is 0.252 e. The van der Waals surface area contributed by atoms with E-state index in [1.54, 1.807) is 24.3 Å². The zero-order chi connectivity index (χ0) is 26.2. The molecule has 0 aromatic heterocycles. The molecule has 1 saturated carbocycles. The van der Waals surface area contributed by atoms with Crippen LogP contribution in [0.1, 0.15) is 67.7 Å². The third-order valence-corrected chi connectivity index (χ3v) is 9.84. The molecule has 1 aliphatic carbocycles. The van der Waals surface area contributed by atoms with Crippen LogP contribution >= 0.6 is 0 Å². The number of hydrogen-bond acceptors (Lipinski definition) is 5. The largest absolute Gasteiger partial charge is 0.494 e. The molecule has 0 N–H and O–H groups in total. The van der Waals surface area contributed by atoms with Gasteiger partial charge in [-0.25, -0.2) is 13.3 Å². The first kappa shape index (κ1) is 26.4. The van der Waals surface area contributed by atoms with Crippen molar-refractivity contribution in [3.05, 3.63) is 52.6 Å². The number of aryl methyl sites for hydroxylation is 2. The van der Waals surface area contributed by atoms with Crippen molar-refractivity contribution < 1.29 is 22.7 Å². The average molecular weight is 513 g/mol. The van der Waals surface area contributed by atoms with Gasteiger partial charge >= 0.3 is 0 Å². The minimum atomic E-state index is -4.05. The van der Waals surface area contributed by atoms with E-state index in [9.17, 15) is 18.0 Å². The van der Waals surface area contributed by atoms with Crippen LogP contribution < -0.4 is 9.64 Å². The highest BCUT2D eigenvalue weighted by Gasteiger charge is 2.50. The van der Waals surface area contributed by atoms with Crippen molar-refractivity contribution in [3.8, 4) is 5.75 Å².